The van der Waals surface area contributed by atoms with Gasteiger partial charge in [-0.05, 0) is 43.7 Å². The minimum absolute atomic E-state index is 0.114. The van der Waals surface area contributed by atoms with Gasteiger partial charge < -0.3 is 5.32 Å². The maximum atomic E-state index is 4.73. The number of nitrogens with zero attached hydrogens (tertiary/aromatic N) is 4. The molecule has 0 radical (unpaired) electrons. The standard InChI is InChI=1S/C23H21N5/c1-16-7-5-8-18(13-16)22(20-10-3-4-12-25-20)27-21-14-17(2)26-23(28-21)19-9-6-11-24-15-19/h3-15,22H,1-2H3,(H,26,27,28). The fourth-order valence-corrected chi connectivity index (χ4v) is 3.14. The lowest BCUT2D eigenvalue weighted by Gasteiger charge is -2.20. The van der Waals surface area contributed by atoms with E-state index in [0.29, 0.717) is 5.82 Å². The Labute approximate surface area is 164 Å². The van der Waals surface area contributed by atoms with Crippen molar-refractivity contribution in [3.05, 3.63) is 102 Å². The number of pyridine rings is 2. The summed E-state index contributed by atoms with van der Waals surface area (Å²) in [5, 5.41) is 3.56. The lowest BCUT2D eigenvalue weighted by atomic mass is 10.0. The quantitative estimate of drug-likeness (QED) is 0.551. The molecule has 1 N–H and O–H groups in total. The Hall–Kier alpha value is -3.60. The third kappa shape index (κ3) is 4.04. The second kappa shape index (κ2) is 7.96. The fourth-order valence-electron chi connectivity index (χ4n) is 3.14. The van der Waals surface area contributed by atoms with Crippen molar-refractivity contribution in [2.75, 3.05) is 5.32 Å². The average molecular weight is 367 g/mol. The zero-order chi connectivity index (χ0) is 19.3. The molecular weight excluding hydrogens is 346 g/mol. The molecule has 0 saturated heterocycles. The molecule has 1 aromatic carbocycles. The first kappa shape index (κ1) is 17.8. The van der Waals surface area contributed by atoms with E-state index < -0.39 is 0 Å². The SMILES string of the molecule is Cc1cccc(C(Nc2cc(C)nc(-c3cccnc3)n2)c2ccccn2)c1. The van der Waals surface area contributed by atoms with Gasteiger partial charge in [0.15, 0.2) is 5.82 Å². The molecule has 1 atom stereocenters. The van der Waals surface area contributed by atoms with E-state index in [0.717, 1.165) is 28.3 Å². The van der Waals surface area contributed by atoms with Gasteiger partial charge in [-0.25, -0.2) is 9.97 Å². The molecular formula is C23H21N5. The van der Waals surface area contributed by atoms with Gasteiger partial charge in [0.25, 0.3) is 0 Å². The molecule has 5 heteroatoms. The minimum atomic E-state index is -0.114. The van der Waals surface area contributed by atoms with Gasteiger partial charge in [-0.3, -0.25) is 9.97 Å². The van der Waals surface area contributed by atoms with E-state index in [2.05, 4.69) is 51.5 Å². The third-order valence-corrected chi connectivity index (χ3v) is 4.43. The van der Waals surface area contributed by atoms with E-state index in [4.69, 9.17) is 4.98 Å². The molecule has 0 aliphatic carbocycles. The zero-order valence-corrected chi connectivity index (χ0v) is 15.9. The topological polar surface area (TPSA) is 63.6 Å². The molecule has 0 aliphatic rings. The first-order chi connectivity index (χ1) is 13.7. The van der Waals surface area contributed by atoms with Crippen LogP contribution in [0.3, 0.4) is 0 Å². The molecule has 138 valence electrons. The van der Waals surface area contributed by atoms with E-state index in [1.807, 2.05) is 49.5 Å². The van der Waals surface area contributed by atoms with E-state index in [1.54, 1.807) is 12.4 Å². The number of hydrogen-bond acceptors (Lipinski definition) is 5. The molecule has 0 spiro atoms. The predicted octanol–water partition coefficient (Wildman–Crippen LogP) is 4.75. The largest absolute Gasteiger partial charge is 0.357 e. The van der Waals surface area contributed by atoms with Crippen molar-refractivity contribution in [1.29, 1.82) is 0 Å². The van der Waals surface area contributed by atoms with Crippen LogP contribution < -0.4 is 5.32 Å². The van der Waals surface area contributed by atoms with E-state index in [-0.39, 0.29) is 6.04 Å². The molecule has 0 amide bonds. The summed E-state index contributed by atoms with van der Waals surface area (Å²) in [5.41, 5.74) is 5.06. The number of aryl methyl sites for hydroxylation is 2. The monoisotopic (exact) mass is 367 g/mol. The van der Waals surface area contributed by atoms with Gasteiger partial charge in [0.05, 0.1) is 11.7 Å². The van der Waals surface area contributed by atoms with Crippen LogP contribution in [0.4, 0.5) is 5.82 Å². The second-order valence-corrected chi connectivity index (χ2v) is 6.71. The zero-order valence-electron chi connectivity index (χ0n) is 15.9. The van der Waals surface area contributed by atoms with E-state index >= 15 is 0 Å². The number of aromatic nitrogens is 4. The van der Waals surface area contributed by atoms with Crippen molar-refractivity contribution < 1.29 is 0 Å². The molecule has 0 saturated carbocycles. The molecule has 4 rings (SSSR count). The summed E-state index contributed by atoms with van der Waals surface area (Å²) < 4.78 is 0. The summed E-state index contributed by atoms with van der Waals surface area (Å²) in [5.74, 6) is 1.41. The highest BCUT2D eigenvalue weighted by molar-refractivity contribution is 5.57. The van der Waals surface area contributed by atoms with E-state index in [1.165, 1.54) is 5.56 Å². The lowest BCUT2D eigenvalue weighted by molar-refractivity contribution is 0.873. The summed E-state index contributed by atoms with van der Waals surface area (Å²) in [4.78, 5) is 18.0. The number of benzene rings is 1. The summed E-state index contributed by atoms with van der Waals surface area (Å²) in [7, 11) is 0. The number of anilines is 1. The minimum Gasteiger partial charge on any atom is -0.357 e. The highest BCUT2D eigenvalue weighted by Crippen LogP contribution is 2.26. The fraction of sp³-hybridized carbons (Fsp3) is 0.130. The average Bonchev–Trinajstić information content (AvgIpc) is 2.73. The van der Waals surface area contributed by atoms with Crippen molar-refractivity contribution >= 4 is 5.82 Å². The first-order valence-corrected chi connectivity index (χ1v) is 9.19. The van der Waals surface area contributed by atoms with Gasteiger partial charge in [0.1, 0.15) is 5.82 Å². The number of nitrogens with one attached hydrogen (secondary N) is 1. The van der Waals surface area contributed by atoms with Crippen LogP contribution in [0.1, 0.15) is 28.6 Å². The Morgan fingerprint density at radius 3 is 2.54 bits per heavy atom. The lowest BCUT2D eigenvalue weighted by Crippen LogP contribution is -2.15. The molecule has 0 fully saturated rings. The smallest absolute Gasteiger partial charge is 0.163 e. The molecule has 3 aromatic heterocycles. The Morgan fingerprint density at radius 1 is 0.857 bits per heavy atom. The van der Waals surface area contributed by atoms with Gasteiger partial charge in [-0.2, -0.15) is 0 Å². The van der Waals surface area contributed by atoms with Crippen molar-refractivity contribution in [2.24, 2.45) is 0 Å². The van der Waals surface area contributed by atoms with Gasteiger partial charge >= 0.3 is 0 Å². The van der Waals surface area contributed by atoms with Crippen LogP contribution in [0, 0.1) is 13.8 Å². The Morgan fingerprint density at radius 2 is 1.79 bits per heavy atom. The predicted molar refractivity (Wildman–Crippen MR) is 111 cm³/mol. The molecule has 1 unspecified atom stereocenters. The van der Waals surface area contributed by atoms with Gasteiger partial charge in [0, 0.05) is 35.9 Å². The molecule has 3 heterocycles. The van der Waals surface area contributed by atoms with E-state index in [9.17, 15) is 0 Å². The number of hydrogen-bond donors (Lipinski definition) is 1. The highest BCUT2D eigenvalue weighted by atomic mass is 15.1. The summed E-state index contributed by atoms with van der Waals surface area (Å²) in [6.45, 7) is 4.06. The van der Waals surface area contributed by atoms with Gasteiger partial charge in [0.2, 0.25) is 0 Å². The Bertz CT molecular complexity index is 1060. The third-order valence-electron chi connectivity index (χ3n) is 4.43. The molecule has 5 nitrogen and oxygen atoms in total. The molecule has 4 aromatic rings. The molecule has 0 bridgehead atoms. The van der Waals surface area contributed by atoms with Gasteiger partial charge in [-0.1, -0.05) is 35.9 Å². The van der Waals surface area contributed by atoms with Crippen molar-refractivity contribution in [1.82, 2.24) is 19.9 Å². The first-order valence-electron chi connectivity index (χ1n) is 9.19. The molecule has 0 aliphatic heterocycles. The van der Waals surface area contributed by atoms with Crippen molar-refractivity contribution in [3.8, 4) is 11.4 Å². The Kier molecular flexibility index (Phi) is 5.06. The molecule has 28 heavy (non-hydrogen) atoms. The van der Waals surface area contributed by atoms with Crippen molar-refractivity contribution in [2.45, 2.75) is 19.9 Å². The normalized spacial score (nSPS) is 11.8. The maximum absolute atomic E-state index is 4.73. The van der Waals surface area contributed by atoms with Crippen LogP contribution in [0.5, 0.6) is 0 Å². The number of rotatable bonds is 5. The van der Waals surface area contributed by atoms with Gasteiger partial charge in [-0.15, -0.1) is 0 Å². The summed E-state index contributed by atoms with van der Waals surface area (Å²) in [6, 6.07) is 20.1. The highest BCUT2D eigenvalue weighted by Gasteiger charge is 2.17. The van der Waals surface area contributed by atoms with Crippen LogP contribution in [-0.2, 0) is 0 Å². The Balaban J connectivity index is 1.74. The van der Waals surface area contributed by atoms with Crippen LogP contribution in [0.25, 0.3) is 11.4 Å². The van der Waals surface area contributed by atoms with Crippen LogP contribution >= 0.6 is 0 Å². The van der Waals surface area contributed by atoms with Crippen LogP contribution in [0.2, 0.25) is 0 Å². The second-order valence-electron chi connectivity index (χ2n) is 6.71. The summed E-state index contributed by atoms with van der Waals surface area (Å²) >= 11 is 0. The van der Waals surface area contributed by atoms with Crippen LogP contribution in [-0.4, -0.2) is 19.9 Å². The van der Waals surface area contributed by atoms with Crippen molar-refractivity contribution in [3.63, 3.8) is 0 Å². The van der Waals surface area contributed by atoms with Crippen LogP contribution in [0.15, 0.2) is 79.3 Å². The summed E-state index contributed by atoms with van der Waals surface area (Å²) in [6.07, 6.45) is 5.33. The maximum Gasteiger partial charge on any atom is 0.163 e.